The molecule has 0 spiro atoms. The number of H-pyrrole nitrogens is 1. The summed E-state index contributed by atoms with van der Waals surface area (Å²) in [5.41, 5.74) is 4.14. The molecule has 3 aromatic carbocycles. The Kier molecular flexibility index (Phi) is 8.24. The SMILES string of the molecule is N#C/C(=C/c1ccc(OCc2ccc(I)cc2)c(I)c1)C(=O)NCCc1c[nH]c2ccccc12. The van der Waals surface area contributed by atoms with Crippen molar-refractivity contribution in [3.8, 4) is 11.8 Å². The minimum Gasteiger partial charge on any atom is -0.488 e. The van der Waals surface area contributed by atoms with Crippen molar-refractivity contribution >= 4 is 68.1 Å². The number of ether oxygens (including phenoxy) is 1. The van der Waals surface area contributed by atoms with Crippen molar-refractivity contribution in [3.63, 3.8) is 0 Å². The van der Waals surface area contributed by atoms with E-state index in [0.29, 0.717) is 19.6 Å². The molecule has 2 N–H and O–H groups in total. The fourth-order valence-electron chi connectivity index (χ4n) is 3.53. The number of hydrogen-bond acceptors (Lipinski definition) is 3. The van der Waals surface area contributed by atoms with E-state index in [1.807, 2.05) is 72.9 Å². The predicted molar refractivity (Wildman–Crippen MR) is 151 cm³/mol. The lowest BCUT2D eigenvalue weighted by Gasteiger charge is -2.09. The Balaban J connectivity index is 1.36. The Morgan fingerprint density at radius 2 is 1.88 bits per heavy atom. The van der Waals surface area contributed by atoms with Gasteiger partial charge in [0.2, 0.25) is 0 Å². The summed E-state index contributed by atoms with van der Waals surface area (Å²) in [6.45, 7) is 0.924. The first kappa shape index (κ1) is 24.3. The molecule has 0 radical (unpaired) electrons. The van der Waals surface area contributed by atoms with Crippen molar-refractivity contribution in [3.05, 3.63) is 102 Å². The number of aromatic amines is 1. The number of aromatic nitrogens is 1. The van der Waals surface area contributed by atoms with Gasteiger partial charge >= 0.3 is 0 Å². The number of fused-ring (bicyclic) bond motifs is 1. The van der Waals surface area contributed by atoms with Crippen LogP contribution in [0.4, 0.5) is 0 Å². The Hall–Kier alpha value is -2.84. The lowest BCUT2D eigenvalue weighted by atomic mass is 10.1. The van der Waals surface area contributed by atoms with Gasteiger partial charge in [0.05, 0.1) is 3.57 Å². The third-order valence-corrected chi connectivity index (χ3v) is 6.86. The van der Waals surface area contributed by atoms with Crippen molar-refractivity contribution in [2.24, 2.45) is 0 Å². The molecule has 5 nitrogen and oxygen atoms in total. The number of nitrogens with zero attached hydrogens (tertiary/aromatic N) is 1. The number of rotatable bonds is 8. The van der Waals surface area contributed by atoms with Gasteiger partial charge in [-0.3, -0.25) is 4.79 Å². The molecular formula is C27H21I2N3O2. The van der Waals surface area contributed by atoms with E-state index >= 15 is 0 Å². The summed E-state index contributed by atoms with van der Waals surface area (Å²) in [7, 11) is 0. The van der Waals surface area contributed by atoms with E-state index in [0.717, 1.165) is 36.9 Å². The first-order chi connectivity index (χ1) is 16.5. The quantitative estimate of drug-likeness (QED) is 0.133. The first-order valence-electron chi connectivity index (χ1n) is 10.7. The number of carbonyl (C=O) groups excluding carboxylic acids is 1. The van der Waals surface area contributed by atoms with Crippen molar-refractivity contribution in [1.29, 1.82) is 5.26 Å². The maximum atomic E-state index is 12.6. The van der Waals surface area contributed by atoms with Crippen LogP contribution in [0, 0.1) is 18.5 Å². The summed E-state index contributed by atoms with van der Waals surface area (Å²) >= 11 is 4.48. The first-order valence-corrected chi connectivity index (χ1v) is 12.8. The van der Waals surface area contributed by atoms with E-state index < -0.39 is 0 Å². The van der Waals surface area contributed by atoms with Crippen LogP contribution in [0.15, 0.2) is 78.5 Å². The average Bonchev–Trinajstić information content (AvgIpc) is 3.26. The Morgan fingerprint density at radius 3 is 2.65 bits per heavy atom. The molecule has 0 saturated carbocycles. The standard InChI is InChI=1S/C27H21I2N3O2/c28-22-8-5-18(6-9-22)17-34-26-10-7-19(14-24(26)29)13-21(15-30)27(33)31-12-11-20-16-32-25-4-2-1-3-23(20)25/h1-10,13-14,16,32H,11-12,17H2,(H,31,33)/b21-13-. The second kappa shape index (κ2) is 11.5. The second-order valence-corrected chi connectivity index (χ2v) is 10.0. The Labute approximate surface area is 225 Å². The van der Waals surface area contributed by atoms with E-state index in [1.165, 1.54) is 3.57 Å². The van der Waals surface area contributed by atoms with Gasteiger partial charge in [-0.25, -0.2) is 0 Å². The smallest absolute Gasteiger partial charge is 0.261 e. The van der Waals surface area contributed by atoms with Crippen LogP contribution >= 0.6 is 45.2 Å². The van der Waals surface area contributed by atoms with Gasteiger partial charge in [-0.05, 0) is 105 Å². The van der Waals surface area contributed by atoms with Crippen LogP contribution in [0.25, 0.3) is 17.0 Å². The van der Waals surface area contributed by atoms with Crippen LogP contribution in [0.3, 0.4) is 0 Å². The summed E-state index contributed by atoms with van der Waals surface area (Å²) in [5.74, 6) is 0.384. The molecule has 4 aromatic rings. The van der Waals surface area contributed by atoms with Crippen LogP contribution in [0.2, 0.25) is 0 Å². The van der Waals surface area contributed by atoms with Crippen molar-refractivity contribution in [1.82, 2.24) is 10.3 Å². The van der Waals surface area contributed by atoms with Crippen LogP contribution < -0.4 is 10.1 Å². The van der Waals surface area contributed by atoms with Crippen LogP contribution in [-0.2, 0) is 17.8 Å². The normalized spacial score (nSPS) is 11.3. The van der Waals surface area contributed by atoms with Gasteiger partial charge in [0.1, 0.15) is 24.0 Å². The van der Waals surface area contributed by atoms with E-state index in [1.54, 1.807) is 6.08 Å². The molecule has 1 heterocycles. The van der Waals surface area contributed by atoms with Gasteiger partial charge in [-0.15, -0.1) is 0 Å². The fourth-order valence-corrected chi connectivity index (χ4v) is 4.58. The maximum Gasteiger partial charge on any atom is 0.261 e. The van der Waals surface area contributed by atoms with Gasteiger partial charge in [-0.1, -0.05) is 36.4 Å². The van der Waals surface area contributed by atoms with Gasteiger partial charge in [0.15, 0.2) is 0 Å². The Bertz CT molecular complexity index is 1390. The summed E-state index contributed by atoms with van der Waals surface area (Å²) in [5, 5.41) is 13.5. The molecule has 1 amide bonds. The topological polar surface area (TPSA) is 77.9 Å². The summed E-state index contributed by atoms with van der Waals surface area (Å²) in [6, 6.07) is 23.9. The molecule has 7 heteroatoms. The molecule has 0 saturated heterocycles. The molecule has 0 bridgehead atoms. The van der Waals surface area contributed by atoms with Crippen LogP contribution in [0.5, 0.6) is 5.75 Å². The molecule has 4 rings (SSSR count). The number of nitriles is 1. The number of carbonyl (C=O) groups is 1. The molecule has 1 aromatic heterocycles. The lowest BCUT2D eigenvalue weighted by molar-refractivity contribution is -0.117. The number of para-hydroxylation sites is 1. The minimum absolute atomic E-state index is 0.0716. The highest BCUT2D eigenvalue weighted by Crippen LogP contribution is 2.24. The average molecular weight is 673 g/mol. The summed E-state index contributed by atoms with van der Waals surface area (Å²) < 4.78 is 8.03. The van der Waals surface area contributed by atoms with Gasteiger partial charge in [0.25, 0.3) is 5.91 Å². The number of amides is 1. The summed E-state index contributed by atoms with van der Waals surface area (Å²) in [6.07, 6.45) is 4.24. The van der Waals surface area contributed by atoms with Crippen LogP contribution in [0.1, 0.15) is 16.7 Å². The monoisotopic (exact) mass is 673 g/mol. The number of halogens is 2. The third-order valence-electron chi connectivity index (χ3n) is 5.29. The molecule has 0 fully saturated rings. The maximum absolute atomic E-state index is 12.6. The molecule has 0 unspecified atom stereocenters. The van der Waals surface area contributed by atoms with E-state index in [2.05, 4.69) is 61.5 Å². The molecular weight excluding hydrogens is 652 g/mol. The zero-order chi connectivity index (χ0) is 23.9. The van der Waals surface area contributed by atoms with Crippen molar-refractivity contribution in [2.45, 2.75) is 13.0 Å². The van der Waals surface area contributed by atoms with Gasteiger partial charge in [-0.2, -0.15) is 5.26 Å². The lowest BCUT2D eigenvalue weighted by Crippen LogP contribution is -2.26. The number of nitrogens with one attached hydrogen (secondary N) is 2. The number of hydrogen-bond donors (Lipinski definition) is 2. The van der Waals surface area contributed by atoms with Crippen LogP contribution in [-0.4, -0.2) is 17.4 Å². The van der Waals surface area contributed by atoms with Crippen molar-refractivity contribution in [2.75, 3.05) is 6.54 Å². The summed E-state index contributed by atoms with van der Waals surface area (Å²) in [4.78, 5) is 15.8. The molecule has 0 atom stereocenters. The molecule has 0 aliphatic rings. The fraction of sp³-hybridized carbons (Fsp3) is 0.111. The largest absolute Gasteiger partial charge is 0.488 e. The second-order valence-electron chi connectivity index (χ2n) is 7.64. The molecule has 170 valence electrons. The molecule has 0 aliphatic heterocycles. The van der Waals surface area contributed by atoms with E-state index in [-0.39, 0.29) is 11.5 Å². The van der Waals surface area contributed by atoms with Gasteiger partial charge < -0.3 is 15.0 Å². The highest BCUT2D eigenvalue weighted by molar-refractivity contribution is 14.1. The zero-order valence-electron chi connectivity index (χ0n) is 18.1. The highest BCUT2D eigenvalue weighted by atomic mass is 127. The zero-order valence-corrected chi connectivity index (χ0v) is 22.5. The number of benzene rings is 3. The van der Waals surface area contributed by atoms with Crippen molar-refractivity contribution < 1.29 is 9.53 Å². The van der Waals surface area contributed by atoms with E-state index in [9.17, 15) is 10.1 Å². The van der Waals surface area contributed by atoms with Gasteiger partial charge in [0, 0.05) is 27.2 Å². The highest BCUT2D eigenvalue weighted by Gasteiger charge is 2.11. The minimum atomic E-state index is -0.378. The van der Waals surface area contributed by atoms with E-state index in [4.69, 9.17) is 4.74 Å². The Morgan fingerprint density at radius 1 is 1.09 bits per heavy atom. The third kappa shape index (κ3) is 6.18. The predicted octanol–water partition coefficient (Wildman–Crippen LogP) is 6.22. The molecule has 34 heavy (non-hydrogen) atoms. The molecule has 0 aliphatic carbocycles.